The van der Waals surface area contributed by atoms with E-state index >= 15 is 0 Å². The second-order valence-corrected chi connectivity index (χ2v) is 12.6. The van der Waals surface area contributed by atoms with Crippen molar-refractivity contribution in [3.63, 3.8) is 0 Å². The Kier molecular flexibility index (Phi) is 8.94. The number of carbonyl (C=O) groups is 4. The topological polar surface area (TPSA) is 219 Å². The van der Waals surface area contributed by atoms with Crippen LogP contribution in [0.25, 0.3) is 5.65 Å². The van der Waals surface area contributed by atoms with Crippen LogP contribution in [0.4, 0.5) is 15.7 Å². The molecule has 0 aromatic carbocycles. The van der Waals surface area contributed by atoms with Crippen LogP contribution in [0.5, 0.6) is 0 Å². The molecule has 0 bridgehead atoms. The SMILES string of the molecule is COCO/N=C(\C(=O)N[C@@H]1C(=O)N2C(C(=O)[O-])=C(C[n+]3ccn4c(NC(=O)OC(C)(C)C)cccc43)CS[C@H]12)c1nsc(N)n1. The number of nitrogens with two attached hydrogens (primary N) is 1. The minimum atomic E-state index is -1.53. The van der Waals surface area contributed by atoms with Crippen molar-refractivity contribution in [2.75, 3.05) is 30.7 Å². The number of anilines is 2. The van der Waals surface area contributed by atoms with Gasteiger partial charge in [0.25, 0.3) is 17.5 Å². The van der Waals surface area contributed by atoms with Gasteiger partial charge >= 0.3 is 6.09 Å². The Hall–Kier alpha value is -4.75. The van der Waals surface area contributed by atoms with Gasteiger partial charge in [-0.25, -0.2) is 9.36 Å². The van der Waals surface area contributed by atoms with E-state index in [-0.39, 0.29) is 41.5 Å². The van der Waals surface area contributed by atoms with Crippen molar-refractivity contribution in [2.24, 2.45) is 5.16 Å². The molecular formula is C26H29N9O8S2. The Morgan fingerprint density at radius 2 is 2.07 bits per heavy atom. The van der Waals surface area contributed by atoms with Crippen LogP contribution in [0.1, 0.15) is 26.6 Å². The quantitative estimate of drug-likeness (QED) is 0.0623. The van der Waals surface area contributed by atoms with Gasteiger partial charge in [0.05, 0.1) is 11.7 Å². The number of thioether (sulfide) groups is 1. The van der Waals surface area contributed by atoms with Crippen molar-refractivity contribution >= 4 is 69.5 Å². The number of carbonyl (C=O) groups excluding carboxylic acids is 4. The number of nitrogens with one attached hydrogen (secondary N) is 2. The maximum absolute atomic E-state index is 13.2. The Labute approximate surface area is 264 Å². The van der Waals surface area contributed by atoms with E-state index in [1.54, 1.807) is 60.3 Å². The van der Waals surface area contributed by atoms with Crippen molar-refractivity contribution in [1.29, 1.82) is 0 Å². The predicted octanol–water partition coefficient (Wildman–Crippen LogP) is -0.564. The molecule has 2 atom stereocenters. The van der Waals surface area contributed by atoms with Crippen LogP contribution in [0.15, 0.2) is 47.0 Å². The molecule has 1 saturated heterocycles. The lowest BCUT2D eigenvalue weighted by Gasteiger charge is -2.50. The molecular weight excluding hydrogens is 630 g/mol. The highest BCUT2D eigenvalue weighted by atomic mass is 32.2. The standard InChI is InChI=1S/C26H29N9O8S2/c1-26(2,3)43-25(40)28-14-6-5-7-15-33(8-9-34(14)15)10-13-11-44-22-17(21(37)35(22)18(13)23(38)39)29-20(36)16(31-42-12-41-4)19-30-24(27)45-32-19/h5-9,17,22H,10-12H2,1-4H3,(H4,27,29,30,32,36,38,39)/b31-16-/t17-,22-/m1/s1. The van der Waals surface area contributed by atoms with E-state index in [4.69, 9.17) is 20.0 Å². The number of aliphatic carboxylic acids is 1. The summed E-state index contributed by atoms with van der Waals surface area (Å²) in [5.41, 5.74) is 5.42. The average molecular weight is 660 g/mol. The first kappa shape index (κ1) is 31.7. The van der Waals surface area contributed by atoms with Crippen LogP contribution in [0, 0.1) is 0 Å². The number of nitrogen functional groups attached to an aromatic ring is 1. The Morgan fingerprint density at radius 3 is 2.73 bits per heavy atom. The van der Waals surface area contributed by atoms with E-state index < -0.39 is 40.9 Å². The smallest absolute Gasteiger partial charge is 0.414 e. The summed E-state index contributed by atoms with van der Waals surface area (Å²) in [7, 11) is 1.37. The number of oxime groups is 1. The van der Waals surface area contributed by atoms with Crippen molar-refractivity contribution in [1.82, 2.24) is 24.0 Å². The third kappa shape index (κ3) is 6.69. The van der Waals surface area contributed by atoms with Crippen molar-refractivity contribution in [2.45, 2.75) is 44.3 Å². The third-order valence-electron chi connectivity index (χ3n) is 6.41. The molecule has 3 aromatic rings. The van der Waals surface area contributed by atoms with Crippen molar-refractivity contribution in [3.8, 4) is 0 Å². The summed E-state index contributed by atoms with van der Waals surface area (Å²) < 4.78 is 17.6. The Balaban J connectivity index is 1.34. The number of imidazole rings is 1. The highest BCUT2D eigenvalue weighted by Gasteiger charge is 2.53. The second kappa shape index (κ2) is 12.7. The van der Waals surface area contributed by atoms with Gasteiger partial charge in [-0.2, -0.15) is 13.8 Å². The molecule has 17 nitrogen and oxygen atoms in total. The second-order valence-electron chi connectivity index (χ2n) is 10.7. The normalized spacial score (nSPS) is 18.4. The minimum absolute atomic E-state index is 0.0895. The minimum Gasteiger partial charge on any atom is -0.543 e. The molecule has 0 spiro atoms. The zero-order valence-corrected chi connectivity index (χ0v) is 26.1. The summed E-state index contributed by atoms with van der Waals surface area (Å²) >= 11 is 2.12. The number of nitrogens with zero attached hydrogens (tertiary/aromatic N) is 6. The highest BCUT2D eigenvalue weighted by molar-refractivity contribution is 8.00. The molecule has 0 saturated carbocycles. The summed E-state index contributed by atoms with van der Waals surface area (Å²) in [6, 6.07) is 4.16. The number of pyridine rings is 1. The molecule has 2 aliphatic heterocycles. The van der Waals surface area contributed by atoms with E-state index in [1.165, 1.54) is 18.9 Å². The van der Waals surface area contributed by atoms with Crippen LogP contribution in [0.2, 0.25) is 0 Å². The number of hydrogen-bond acceptors (Lipinski definition) is 14. The maximum Gasteiger partial charge on any atom is 0.414 e. The number of carboxylic acids is 1. The van der Waals surface area contributed by atoms with Gasteiger partial charge in [-0.3, -0.25) is 19.8 Å². The number of carboxylic acid groups (broad SMARTS) is 1. The number of β-lactam (4-membered cyclic amide) rings is 1. The van der Waals surface area contributed by atoms with Gasteiger partial charge < -0.3 is 35.3 Å². The van der Waals surface area contributed by atoms with Crippen LogP contribution in [0.3, 0.4) is 0 Å². The van der Waals surface area contributed by atoms with Gasteiger partial charge in [0, 0.05) is 42.1 Å². The first-order chi connectivity index (χ1) is 21.4. The summed E-state index contributed by atoms with van der Waals surface area (Å²) in [5, 5.41) is 20.7. The number of fused-ring (bicyclic) bond motifs is 2. The fourth-order valence-electron chi connectivity index (χ4n) is 4.63. The lowest BCUT2D eigenvalue weighted by Crippen LogP contribution is -2.71. The molecule has 45 heavy (non-hydrogen) atoms. The van der Waals surface area contributed by atoms with Gasteiger partial charge in [0.1, 0.15) is 36.0 Å². The zero-order chi connectivity index (χ0) is 32.5. The molecule has 2 aliphatic rings. The Bertz CT molecular complexity index is 1730. The first-order valence-corrected chi connectivity index (χ1v) is 15.2. The van der Waals surface area contributed by atoms with Gasteiger partial charge in [-0.05, 0) is 26.8 Å². The third-order valence-corrected chi connectivity index (χ3v) is 8.29. The molecule has 0 aliphatic carbocycles. The average Bonchev–Trinajstić information content (AvgIpc) is 3.59. The Morgan fingerprint density at radius 1 is 1.29 bits per heavy atom. The molecule has 4 N–H and O–H groups in total. The molecule has 1 fully saturated rings. The lowest BCUT2D eigenvalue weighted by molar-refractivity contribution is -0.662. The molecule has 238 valence electrons. The number of aromatic nitrogens is 4. The summed E-state index contributed by atoms with van der Waals surface area (Å²) in [6.07, 6.45) is 2.80. The van der Waals surface area contributed by atoms with Crippen LogP contribution >= 0.6 is 23.3 Å². The fraction of sp³-hybridized carbons (Fsp3) is 0.385. The van der Waals surface area contributed by atoms with E-state index in [2.05, 4.69) is 25.1 Å². The molecule has 5 heterocycles. The maximum atomic E-state index is 13.2. The van der Waals surface area contributed by atoms with Crippen LogP contribution < -0.4 is 26.0 Å². The van der Waals surface area contributed by atoms with E-state index in [0.29, 0.717) is 17.0 Å². The summed E-state index contributed by atoms with van der Waals surface area (Å²) in [5.74, 6) is -2.43. The molecule has 0 radical (unpaired) electrons. The largest absolute Gasteiger partial charge is 0.543 e. The van der Waals surface area contributed by atoms with Gasteiger partial charge in [-0.1, -0.05) is 5.16 Å². The summed E-state index contributed by atoms with van der Waals surface area (Å²) in [4.78, 5) is 61.1. The van der Waals surface area contributed by atoms with Gasteiger partial charge in [0.15, 0.2) is 5.13 Å². The zero-order valence-electron chi connectivity index (χ0n) is 24.5. The van der Waals surface area contributed by atoms with Crippen molar-refractivity contribution in [3.05, 3.63) is 47.7 Å². The molecule has 5 rings (SSSR count). The van der Waals surface area contributed by atoms with Crippen LogP contribution in [-0.4, -0.2) is 84.9 Å². The number of rotatable bonds is 10. The number of methoxy groups -OCH3 is 1. The number of ether oxygens (including phenoxy) is 2. The van der Waals surface area contributed by atoms with E-state index in [1.807, 2.05) is 0 Å². The number of hydrogen-bond donors (Lipinski definition) is 3. The molecule has 0 unspecified atom stereocenters. The number of amides is 3. The molecule has 19 heteroatoms. The molecule has 3 aromatic heterocycles. The first-order valence-electron chi connectivity index (χ1n) is 13.3. The van der Waals surface area contributed by atoms with E-state index in [0.717, 1.165) is 16.4 Å². The molecule has 3 amide bonds. The van der Waals surface area contributed by atoms with Crippen molar-refractivity contribution < 1.29 is 43.2 Å². The fourth-order valence-corrected chi connectivity index (χ4v) is 6.40. The van der Waals surface area contributed by atoms with E-state index in [9.17, 15) is 24.3 Å². The highest BCUT2D eigenvalue weighted by Crippen LogP contribution is 2.40. The van der Waals surface area contributed by atoms with Gasteiger partial charge in [0.2, 0.25) is 24.1 Å². The van der Waals surface area contributed by atoms with Crippen LogP contribution in [-0.2, 0) is 35.2 Å². The predicted molar refractivity (Wildman–Crippen MR) is 158 cm³/mol. The monoisotopic (exact) mass is 659 g/mol. The van der Waals surface area contributed by atoms with Gasteiger partial charge in [-0.15, -0.1) is 11.8 Å². The lowest BCUT2D eigenvalue weighted by atomic mass is 10.0. The summed E-state index contributed by atoms with van der Waals surface area (Å²) in [6.45, 7) is 5.12.